The molecular formula is C81H142N20O21. The molecule has 41 nitrogen and oxygen atoms in total. The summed E-state index contributed by atoms with van der Waals surface area (Å²) in [4.78, 5) is 272. The lowest BCUT2D eigenvalue weighted by molar-refractivity contribution is -0.146. The van der Waals surface area contributed by atoms with Crippen molar-refractivity contribution in [3.63, 3.8) is 0 Å². The Labute approximate surface area is 716 Å². The number of primary amides is 2. The normalized spacial score (nSPS) is 15.6. The Balaban J connectivity index is 3.23. The fourth-order valence-electron chi connectivity index (χ4n) is 12.5. The molecule has 0 bridgehead atoms. The highest BCUT2D eigenvalue weighted by molar-refractivity contribution is 6.04. The van der Waals surface area contributed by atoms with E-state index >= 15 is 0 Å². The Bertz CT molecular complexity index is 3810. The number of rotatable bonds is 50. The lowest BCUT2D eigenvalue weighted by Crippen LogP contribution is -2.66. The summed E-state index contributed by atoms with van der Waals surface area (Å²) in [5, 5.41) is 53.5. The number of carbonyl (C=O) groups excluding carboxylic acids is 20. The van der Waals surface area contributed by atoms with Crippen LogP contribution < -0.4 is 102 Å². The SMILES string of the molecule is CC[C@](C)(NC(=O)CNC(=O)C(C)(C)NC(=O)[C@H](CC(C)C)NC(=O)C(C)(C)NC(=O)[C@H](CCC(N)=O)NC(=O)C(C)(C)NC(=O)[C@H](CC(C)C)NC(=O)[C@H](C)NC(=O)CNC(=O)C(C)(C)NC(C)=O)C(=O)NC(C)(C)C(=O)N1CCC[C@H]1C(=O)N[C@@H](CC(C)C)C(=O)NC(C)(C)C(=O)NC(C)(C)C(=O)N[C@@H](CCC(N)=O)C(=O)N[C@H](CO)CC(C)C. The van der Waals surface area contributed by atoms with E-state index < -0.39 is 243 Å². The summed E-state index contributed by atoms with van der Waals surface area (Å²) in [6.07, 6.45) is -0.395. The molecule has 22 N–H and O–H groups in total. The van der Waals surface area contributed by atoms with Gasteiger partial charge in [-0.2, -0.15) is 0 Å². The maximum absolute atomic E-state index is 14.5. The van der Waals surface area contributed by atoms with Crippen LogP contribution in [0.15, 0.2) is 0 Å². The van der Waals surface area contributed by atoms with Crippen molar-refractivity contribution in [1.29, 1.82) is 0 Å². The number of amides is 20. The van der Waals surface area contributed by atoms with Gasteiger partial charge in [0.25, 0.3) is 0 Å². The number of hydrogen-bond acceptors (Lipinski definition) is 21. The third-order valence-electron chi connectivity index (χ3n) is 20.0. The maximum atomic E-state index is 14.5. The molecule has 0 radical (unpaired) electrons. The molecule has 20 amide bonds. The number of nitrogens with two attached hydrogens (primary N) is 2. The summed E-state index contributed by atoms with van der Waals surface area (Å²) >= 11 is 0. The summed E-state index contributed by atoms with van der Waals surface area (Å²) in [5.74, 6) is -16.7. The first-order valence-corrected chi connectivity index (χ1v) is 41.3. The minimum Gasteiger partial charge on any atom is -0.394 e. The van der Waals surface area contributed by atoms with Crippen LogP contribution in [0.4, 0.5) is 0 Å². The van der Waals surface area contributed by atoms with E-state index in [1.165, 1.54) is 123 Å². The van der Waals surface area contributed by atoms with Crippen molar-refractivity contribution in [2.45, 2.75) is 343 Å². The van der Waals surface area contributed by atoms with E-state index in [1.807, 2.05) is 13.8 Å². The maximum Gasteiger partial charge on any atom is 0.248 e. The molecule has 41 heteroatoms. The zero-order valence-corrected chi connectivity index (χ0v) is 76.2. The second-order valence-electron chi connectivity index (χ2n) is 37.1. The molecule has 692 valence electrons. The predicted octanol–water partition coefficient (Wildman–Crippen LogP) is -3.10. The summed E-state index contributed by atoms with van der Waals surface area (Å²) in [7, 11) is 0. The second-order valence-corrected chi connectivity index (χ2v) is 37.1. The molecule has 0 aromatic heterocycles. The van der Waals surface area contributed by atoms with Gasteiger partial charge in [0.05, 0.1) is 25.7 Å². The number of aliphatic hydroxyl groups is 1. The standard InChI is InChI=1S/C81H142N20O21/c1-27-81(26,72(121)100-80(24,25)73(122)101-34-28-29-54(101)65(114)89-52(37-44(6)7)63(112)98-79(22,23)71(120)99-78(20,21)70(119)90-49(30-32-55(82)104)60(109)87-48(41-102)35-42(2)3)94-58(107)40-85-67(116)75(14,15)96-64(113)53(38-45(8)9)92-69(118)77(18,19)95-61(110)50(31-33-56(83)105)91-68(117)76(16,17)97-62(111)51(36-43(4)5)88-59(108)46(10)86-57(106)39-84-66(115)74(12,13)93-47(11)103/h42-46,48-54,102H,27-41H2,1-26H3,(H2,82,104)(H2,83,105)(H,84,115)(H,85,116)(H,86,106)(H,87,109)(H,88,108)(H,89,114)(H,90,119)(H,91,117)(H,92,118)(H,93,103)(H,94,107)(H,95,110)(H,96,113)(H,97,111)(H,98,112)(H,99,120)(H,100,121)/t46-,48-,49-,50-,51-,52-,53-,54-,81-/m0/s1. The van der Waals surface area contributed by atoms with Gasteiger partial charge in [-0.05, 0) is 192 Å². The number of nitrogens with zero attached hydrogens (tertiary/aromatic N) is 1. The molecule has 1 aliphatic heterocycles. The van der Waals surface area contributed by atoms with Gasteiger partial charge in [-0.25, -0.2) is 0 Å². The van der Waals surface area contributed by atoms with Crippen LogP contribution in [0.5, 0.6) is 0 Å². The average Bonchev–Trinajstić information content (AvgIpc) is 1.57. The van der Waals surface area contributed by atoms with E-state index in [2.05, 4.69) is 90.4 Å². The van der Waals surface area contributed by atoms with Crippen LogP contribution in [0.3, 0.4) is 0 Å². The third-order valence-corrected chi connectivity index (χ3v) is 20.0. The van der Waals surface area contributed by atoms with Crippen molar-refractivity contribution in [2.75, 3.05) is 26.2 Å². The summed E-state index contributed by atoms with van der Waals surface area (Å²) < 4.78 is 0. The van der Waals surface area contributed by atoms with Gasteiger partial charge >= 0.3 is 0 Å². The highest BCUT2D eigenvalue weighted by atomic mass is 16.3. The van der Waals surface area contributed by atoms with Gasteiger partial charge in [0, 0.05) is 26.3 Å². The highest BCUT2D eigenvalue weighted by Crippen LogP contribution is 2.25. The van der Waals surface area contributed by atoms with Gasteiger partial charge < -0.3 is 112 Å². The van der Waals surface area contributed by atoms with Crippen molar-refractivity contribution < 1.29 is 101 Å². The van der Waals surface area contributed by atoms with Gasteiger partial charge in [0.2, 0.25) is 118 Å². The molecular weight excluding hydrogens is 1590 g/mol. The molecule has 9 atom stereocenters. The van der Waals surface area contributed by atoms with Crippen LogP contribution in [-0.2, 0) is 95.9 Å². The topological polar surface area (TPSA) is 621 Å². The largest absolute Gasteiger partial charge is 0.394 e. The second kappa shape index (κ2) is 46.6. The fourth-order valence-corrected chi connectivity index (χ4v) is 12.5. The van der Waals surface area contributed by atoms with E-state index in [1.54, 1.807) is 48.5 Å². The smallest absolute Gasteiger partial charge is 0.248 e. The number of aliphatic hydroxyl groups excluding tert-OH is 1. The quantitative estimate of drug-likeness (QED) is 0.0287. The Hall–Kier alpha value is -10.6. The lowest BCUT2D eigenvalue weighted by atomic mass is 9.94. The van der Waals surface area contributed by atoms with Crippen LogP contribution in [0.25, 0.3) is 0 Å². The summed E-state index contributed by atoms with van der Waals surface area (Å²) in [5.41, 5.74) is -3.04. The molecule has 1 fully saturated rings. The molecule has 0 spiro atoms. The molecule has 1 saturated heterocycles. The summed E-state index contributed by atoms with van der Waals surface area (Å²) in [6, 6.07) is -9.84. The zero-order chi connectivity index (χ0) is 94.7. The van der Waals surface area contributed by atoms with E-state index in [-0.39, 0.29) is 75.2 Å². The molecule has 122 heavy (non-hydrogen) atoms. The first-order chi connectivity index (χ1) is 55.6. The van der Waals surface area contributed by atoms with Crippen molar-refractivity contribution in [1.82, 2.24) is 95.3 Å². The molecule has 1 heterocycles. The van der Waals surface area contributed by atoms with Crippen LogP contribution in [-0.4, -0.2) is 247 Å². The Morgan fingerprint density at radius 1 is 0.377 bits per heavy atom. The average molecular weight is 1730 g/mol. The molecule has 0 aromatic carbocycles. The first-order valence-electron chi connectivity index (χ1n) is 41.3. The van der Waals surface area contributed by atoms with Crippen molar-refractivity contribution >= 4 is 118 Å². The Morgan fingerprint density at radius 2 is 0.730 bits per heavy atom. The minimum atomic E-state index is -1.89. The zero-order valence-electron chi connectivity index (χ0n) is 76.2. The van der Waals surface area contributed by atoms with Crippen molar-refractivity contribution in [3.05, 3.63) is 0 Å². The number of hydrogen-bond donors (Lipinski definition) is 20. The fraction of sp³-hybridized carbons (Fsp3) is 0.753. The molecule has 0 aromatic rings. The molecule has 1 aliphatic rings. The van der Waals surface area contributed by atoms with Gasteiger partial charge in [-0.1, -0.05) is 62.3 Å². The van der Waals surface area contributed by atoms with Crippen LogP contribution in [0.2, 0.25) is 0 Å². The molecule has 1 rings (SSSR count). The first kappa shape index (κ1) is 109. The van der Waals surface area contributed by atoms with Gasteiger partial charge in [-0.3, -0.25) is 95.9 Å². The van der Waals surface area contributed by atoms with E-state index in [0.29, 0.717) is 12.8 Å². The Morgan fingerprint density at radius 3 is 1.13 bits per heavy atom. The van der Waals surface area contributed by atoms with Crippen LogP contribution in [0, 0.1) is 23.7 Å². The highest BCUT2D eigenvalue weighted by Gasteiger charge is 2.48. The van der Waals surface area contributed by atoms with Crippen molar-refractivity contribution in [3.8, 4) is 0 Å². The Kier molecular flexibility index (Phi) is 41.7. The minimum absolute atomic E-state index is 0.0196. The van der Waals surface area contributed by atoms with Gasteiger partial charge in [0.15, 0.2) is 0 Å². The van der Waals surface area contributed by atoms with E-state index in [0.717, 1.165) is 0 Å². The number of likely N-dealkylation sites (tertiary alicyclic amines) is 1. The molecule has 0 unspecified atom stereocenters. The predicted molar refractivity (Wildman–Crippen MR) is 450 cm³/mol. The number of carbonyl (C=O) groups is 20. The van der Waals surface area contributed by atoms with E-state index in [9.17, 15) is 101 Å². The van der Waals surface area contributed by atoms with Crippen LogP contribution >= 0.6 is 0 Å². The number of nitrogens with one attached hydrogen (secondary N) is 17. The third kappa shape index (κ3) is 36.2. The summed E-state index contributed by atoms with van der Waals surface area (Å²) in [6.45, 7) is 37.1. The van der Waals surface area contributed by atoms with Gasteiger partial charge in [-0.15, -0.1) is 0 Å². The van der Waals surface area contributed by atoms with E-state index in [4.69, 9.17) is 11.5 Å². The van der Waals surface area contributed by atoms with Gasteiger partial charge in [0.1, 0.15) is 86.6 Å². The molecule has 0 aliphatic carbocycles. The monoisotopic (exact) mass is 1730 g/mol. The van der Waals surface area contributed by atoms with Crippen molar-refractivity contribution in [2.24, 2.45) is 35.1 Å². The lowest BCUT2D eigenvalue weighted by Gasteiger charge is -2.37. The molecule has 0 saturated carbocycles. The van der Waals surface area contributed by atoms with Crippen LogP contribution in [0.1, 0.15) is 251 Å².